The predicted molar refractivity (Wildman–Crippen MR) is 92.9 cm³/mol. The average molecular weight is 329 g/mol. The molecule has 7 heteroatoms. The minimum atomic E-state index is -0.220. The number of anilines is 1. The molecule has 0 unspecified atom stereocenters. The van der Waals surface area contributed by atoms with Crippen LogP contribution >= 0.6 is 11.3 Å². The lowest BCUT2D eigenvalue weighted by molar-refractivity contribution is 0.247. The second kappa shape index (κ2) is 6.37. The molecule has 23 heavy (non-hydrogen) atoms. The van der Waals surface area contributed by atoms with Crippen molar-refractivity contribution in [1.82, 2.24) is 20.1 Å². The summed E-state index contributed by atoms with van der Waals surface area (Å²) >= 11 is 1.55. The monoisotopic (exact) mass is 329 g/mol. The summed E-state index contributed by atoms with van der Waals surface area (Å²) in [6.07, 6.45) is 0. The Morgan fingerprint density at radius 2 is 2.17 bits per heavy atom. The first-order valence-electron chi connectivity index (χ1n) is 7.43. The van der Waals surface area contributed by atoms with Crippen LogP contribution in [-0.4, -0.2) is 26.8 Å². The minimum absolute atomic E-state index is 0.0277. The molecule has 2 aromatic heterocycles. The summed E-state index contributed by atoms with van der Waals surface area (Å²) in [6, 6.07) is 7.46. The first-order valence-corrected chi connectivity index (χ1v) is 8.31. The van der Waals surface area contributed by atoms with Crippen molar-refractivity contribution in [2.24, 2.45) is 0 Å². The van der Waals surface area contributed by atoms with Gasteiger partial charge in [-0.2, -0.15) is 5.10 Å². The van der Waals surface area contributed by atoms with Gasteiger partial charge in [-0.25, -0.2) is 9.78 Å². The Balaban J connectivity index is 1.58. The first-order chi connectivity index (χ1) is 11.0. The van der Waals surface area contributed by atoms with Crippen molar-refractivity contribution in [3.63, 3.8) is 0 Å². The molecule has 120 valence electrons. The zero-order valence-electron chi connectivity index (χ0n) is 13.3. The molecule has 0 fully saturated rings. The number of nitrogens with zero attached hydrogens (tertiary/aromatic N) is 3. The van der Waals surface area contributed by atoms with Crippen molar-refractivity contribution in [3.05, 3.63) is 41.2 Å². The highest BCUT2D eigenvalue weighted by molar-refractivity contribution is 7.16. The number of carbonyl (C=O) groups excluding carboxylic acids is 1. The number of aromatic nitrogens is 3. The molecular weight excluding hydrogens is 310 g/mol. The average Bonchev–Trinajstić information content (AvgIpc) is 3.04. The van der Waals surface area contributed by atoms with Crippen LogP contribution < -0.4 is 10.6 Å². The Bertz CT molecular complexity index is 838. The fraction of sp³-hybridized carbons (Fsp3) is 0.312. The number of hydrogen-bond donors (Lipinski definition) is 2. The molecule has 0 spiro atoms. The Hall–Kier alpha value is -2.41. The fourth-order valence-corrected chi connectivity index (χ4v) is 3.20. The molecule has 0 bridgehead atoms. The number of hydrogen-bond acceptors (Lipinski definition) is 4. The van der Waals surface area contributed by atoms with Crippen LogP contribution in [0.25, 0.3) is 10.2 Å². The molecule has 0 aliphatic carbocycles. The van der Waals surface area contributed by atoms with Gasteiger partial charge < -0.3 is 10.6 Å². The topological polar surface area (TPSA) is 71.8 Å². The maximum Gasteiger partial charge on any atom is 0.319 e. The third kappa shape index (κ3) is 3.68. The zero-order valence-corrected chi connectivity index (χ0v) is 14.1. The van der Waals surface area contributed by atoms with E-state index in [0.717, 1.165) is 27.3 Å². The van der Waals surface area contributed by atoms with Gasteiger partial charge in [0, 0.05) is 17.4 Å². The highest BCUT2D eigenvalue weighted by Crippen LogP contribution is 2.21. The number of nitrogens with one attached hydrogen (secondary N) is 2. The van der Waals surface area contributed by atoms with Crippen LogP contribution in [-0.2, 0) is 6.54 Å². The van der Waals surface area contributed by atoms with Gasteiger partial charge >= 0.3 is 6.03 Å². The molecule has 2 heterocycles. The lowest BCUT2D eigenvalue weighted by Gasteiger charge is -2.15. The van der Waals surface area contributed by atoms with E-state index in [0.29, 0.717) is 6.54 Å². The van der Waals surface area contributed by atoms with E-state index in [1.165, 1.54) is 0 Å². The molecule has 3 aromatic rings. The van der Waals surface area contributed by atoms with E-state index in [4.69, 9.17) is 0 Å². The lowest BCUT2D eigenvalue weighted by atomic mass is 10.3. The minimum Gasteiger partial charge on any atom is -0.334 e. The van der Waals surface area contributed by atoms with Gasteiger partial charge in [0.1, 0.15) is 0 Å². The molecule has 0 radical (unpaired) electrons. The van der Waals surface area contributed by atoms with Crippen LogP contribution in [0.4, 0.5) is 10.5 Å². The van der Waals surface area contributed by atoms with E-state index in [-0.39, 0.29) is 12.1 Å². The summed E-state index contributed by atoms with van der Waals surface area (Å²) in [5.74, 6) is 0. The van der Waals surface area contributed by atoms with Gasteiger partial charge in [-0.15, -0.1) is 11.3 Å². The Morgan fingerprint density at radius 1 is 1.35 bits per heavy atom. The Morgan fingerprint density at radius 3 is 2.91 bits per heavy atom. The maximum absolute atomic E-state index is 12.1. The molecule has 2 amide bonds. The SMILES string of the molecule is Cc1cc(C)n(C[C@H](C)NC(=O)Nc2ccc3ncsc3c2)n1. The van der Waals surface area contributed by atoms with Crippen LogP contribution in [0, 0.1) is 13.8 Å². The molecule has 2 N–H and O–H groups in total. The number of aryl methyl sites for hydroxylation is 2. The Labute approximate surface area is 138 Å². The van der Waals surface area contributed by atoms with Crippen LogP contribution in [0.2, 0.25) is 0 Å². The summed E-state index contributed by atoms with van der Waals surface area (Å²) < 4.78 is 2.96. The van der Waals surface area contributed by atoms with Crippen molar-refractivity contribution >= 4 is 33.3 Å². The van der Waals surface area contributed by atoms with E-state index in [9.17, 15) is 4.79 Å². The highest BCUT2D eigenvalue weighted by atomic mass is 32.1. The number of fused-ring (bicyclic) bond motifs is 1. The van der Waals surface area contributed by atoms with Crippen molar-refractivity contribution < 1.29 is 4.79 Å². The quantitative estimate of drug-likeness (QED) is 0.771. The second-order valence-corrected chi connectivity index (χ2v) is 6.53. The molecule has 6 nitrogen and oxygen atoms in total. The first kappa shape index (κ1) is 15.5. The van der Waals surface area contributed by atoms with Gasteiger partial charge in [0.25, 0.3) is 0 Å². The Kier molecular flexibility index (Phi) is 4.29. The third-order valence-electron chi connectivity index (χ3n) is 3.52. The molecule has 1 aromatic carbocycles. The van der Waals surface area contributed by atoms with E-state index < -0.39 is 0 Å². The van der Waals surface area contributed by atoms with E-state index in [1.807, 2.05) is 49.7 Å². The number of urea groups is 1. The summed E-state index contributed by atoms with van der Waals surface area (Å²) in [4.78, 5) is 16.3. The summed E-state index contributed by atoms with van der Waals surface area (Å²) in [7, 11) is 0. The van der Waals surface area contributed by atoms with Crippen LogP contribution in [0.5, 0.6) is 0 Å². The number of benzene rings is 1. The molecule has 0 saturated heterocycles. The van der Waals surface area contributed by atoms with Gasteiger partial charge in [-0.05, 0) is 45.0 Å². The van der Waals surface area contributed by atoms with E-state index in [1.54, 1.807) is 16.8 Å². The van der Waals surface area contributed by atoms with Gasteiger partial charge in [-0.3, -0.25) is 4.68 Å². The molecule has 0 aliphatic rings. The maximum atomic E-state index is 12.1. The van der Waals surface area contributed by atoms with Crippen molar-refractivity contribution in [2.45, 2.75) is 33.4 Å². The van der Waals surface area contributed by atoms with Crippen molar-refractivity contribution in [1.29, 1.82) is 0 Å². The smallest absolute Gasteiger partial charge is 0.319 e. The number of carbonyl (C=O) groups is 1. The predicted octanol–water partition coefficient (Wildman–Crippen LogP) is 3.32. The van der Waals surface area contributed by atoms with Crippen LogP contribution in [0.3, 0.4) is 0 Å². The molecule has 0 aliphatic heterocycles. The van der Waals surface area contributed by atoms with Gasteiger partial charge in [0.05, 0.1) is 28.0 Å². The van der Waals surface area contributed by atoms with Gasteiger partial charge in [0.2, 0.25) is 0 Å². The number of amides is 2. The van der Waals surface area contributed by atoms with Gasteiger partial charge in [-0.1, -0.05) is 0 Å². The molecule has 1 atom stereocenters. The highest BCUT2D eigenvalue weighted by Gasteiger charge is 2.11. The normalized spacial score (nSPS) is 12.3. The summed E-state index contributed by atoms with van der Waals surface area (Å²) in [6.45, 7) is 6.57. The standard InChI is InChI=1S/C16H19N5OS/c1-10-6-12(3)21(20-10)8-11(2)18-16(22)19-13-4-5-14-15(7-13)23-9-17-14/h4-7,9,11H,8H2,1-3H3,(H2,18,19,22)/t11-/m0/s1. The van der Waals surface area contributed by atoms with Crippen molar-refractivity contribution in [3.8, 4) is 0 Å². The third-order valence-corrected chi connectivity index (χ3v) is 4.31. The van der Waals surface area contributed by atoms with Crippen LogP contribution in [0.15, 0.2) is 29.8 Å². The van der Waals surface area contributed by atoms with E-state index >= 15 is 0 Å². The van der Waals surface area contributed by atoms with Crippen LogP contribution in [0.1, 0.15) is 18.3 Å². The van der Waals surface area contributed by atoms with Gasteiger partial charge in [0.15, 0.2) is 0 Å². The largest absolute Gasteiger partial charge is 0.334 e. The fourth-order valence-electron chi connectivity index (χ4n) is 2.49. The summed E-state index contributed by atoms with van der Waals surface area (Å²) in [5.41, 5.74) is 5.57. The molecule has 0 saturated carbocycles. The molecular formula is C16H19N5OS. The molecule has 3 rings (SSSR count). The lowest BCUT2D eigenvalue weighted by Crippen LogP contribution is -2.38. The number of thiazole rings is 1. The number of rotatable bonds is 4. The zero-order chi connectivity index (χ0) is 16.4. The van der Waals surface area contributed by atoms with E-state index in [2.05, 4.69) is 20.7 Å². The second-order valence-electron chi connectivity index (χ2n) is 5.64. The van der Waals surface area contributed by atoms with Crippen molar-refractivity contribution in [2.75, 3.05) is 5.32 Å². The summed E-state index contributed by atoms with van der Waals surface area (Å²) in [5, 5.41) is 10.2.